The maximum Gasteiger partial charge on any atom is 0.383 e. The van der Waals surface area contributed by atoms with Gasteiger partial charge in [-0.05, 0) is 24.5 Å². The van der Waals surface area contributed by atoms with E-state index in [1.54, 1.807) is 0 Å². The molecule has 4 nitrogen and oxygen atoms in total. The van der Waals surface area contributed by atoms with E-state index in [1.807, 2.05) is 43.3 Å². The van der Waals surface area contributed by atoms with Crippen molar-refractivity contribution in [3.05, 3.63) is 83.4 Å². The van der Waals surface area contributed by atoms with Crippen molar-refractivity contribution in [2.45, 2.75) is 31.7 Å². The van der Waals surface area contributed by atoms with Crippen LogP contribution in [0.4, 0.5) is 0 Å². The Hall–Kier alpha value is -2.37. The SMILES string of the molecule is CC1NS(=O)(=O)Oc2c1cccc2C1(C)C=CC(c2ccccc2)=CC1. The van der Waals surface area contributed by atoms with E-state index in [9.17, 15) is 8.42 Å². The number of benzene rings is 2. The topological polar surface area (TPSA) is 55.4 Å². The molecule has 0 spiro atoms. The zero-order valence-electron chi connectivity index (χ0n) is 14.8. The van der Waals surface area contributed by atoms with Crippen LogP contribution in [0, 0.1) is 0 Å². The maximum atomic E-state index is 12.0. The van der Waals surface area contributed by atoms with E-state index >= 15 is 0 Å². The summed E-state index contributed by atoms with van der Waals surface area (Å²) >= 11 is 0. The highest BCUT2D eigenvalue weighted by molar-refractivity contribution is 7.85. The van der Waals surface area contributed by atoms with E-state index < -0.39 is 10.3 Å². The standard InChI is InChI=1S/C21H21NO3S/c1-15-18-9-6-10-19(20(18)25-26(23,24)22-15)21(2)13-11-17(12-14-21)16-7-4-3-5-8-16/h3-13,15,22H,14H2,1-2H3. The van der Waals surface area contributed by atoms with E-state index in [1.165, 1.54) is 11.1 Å². The highest BCUT2D eigenvalue weighted by atomic mass is 32.2. The van der Waals surface area contributed by atoms with Gasteiger partial charge in [-0.1, -0.05) is 73.7 Å². The van der Waals surface area contributed by atoms with Crippen LogP contribution in [-0.4, -0.2) is 8.42 Å². The van der Waals surface area contributed by atoms with Crippen LogP contribution >= 0.6 is 0 Å². The molecule has 0 fully saturated rings. The summed E-state index contributed by atoms with van der Waals surface area (Å²) in [5, 5.41) is 0. The zero-order valence-corrected chi connectivity index (χ0v) is 15.6. The number of hydrogen-bond donors (Lipinski definition) is 1. The van der Waals surface area contributed by atoms with Gasteiger partial charge in [0.25, 0.3) is 0 Å². The first-order valence-electron chi connectivity index (χ1n) is 8.68. The molecule has 5 heteroatoms. The number of nitrogens with one attached hydrogen (secondary N) is 1. The molecule has 2 unspecified atom stereocenters. The van der Waals surface area contributed by atoms with Gasteiger partial charge in [-0.25, -0.2) is 0 Å². The van der Waals surface area contributed by atoms with Crippen LogP contribution in [0.5, 0.6) is 5.75 Å². The molecule has 2 aromatic rings. The Bertz CT molecular complexity index is 1010. The third-order valence-corrected chi connectivity index (χ3v) is 6.15. The van der Waals surface area contributed by atoms with Gasteiger partial charge in [0.2, 0.25) is 0 Å². The normalized spacial score (nSPS) is 26.5. The summed E-state index contributed by atoms with van der Waals surface area (Å²) in [6.45, 7) is 3.94. The zero-order chi connectivity index (χ0) is 18.4. The maximum absolute atomic E-state index is 12.0. The molecule has 2 aliphatic rings. The highest BCUT2D eigenvalue weighted by Gasteiger charge is 2.35. The van der Waals surface area contributed by atoms with Gasteiger partial charge < -0.3 is 4.18 Å². The first-order valence-corrected chi connectivity index (χ1v) is 10.1. The molecular formula is C21H21NO3S. The summed E-state index contributed by atoms with van der Waals surface area (Å²) in [5.41, 5.74) is 3.79. The smallest absolute Gasteiger partial charge is 0.370 e. The third kappa shape index (κ3) is 2.97. The number of hydrogen-bond acceptors (Lipinski definition) is 3. The van der Waals surface area contributed by atoms with Crippen molar-refractivity contribution in [3.8, 4) is 5.75 Å². The van der Waals surface area contributed by atoms with Crippen molar-refractivity contribution in [2.75, 3.05) is 0 Å². The van der Waals surface area contributed by atoms with Gasteiger partial charge in [0.15, 0.2) is 5.75 Å². The summed E-state index contributed by atoms with van der Waals surface area (Å²) in [6.07, 6.45) is 7.23. The van der Waals surface area contributed by atoms with Crippen molar-refractivity contribution in [1.29, 1.82) is 0 Å². The number of para-hydroxylation sites is 1. The van der Waals surface area contributed by atoms with Gasteiger partial charge in [-0.15, -0.1) is 0 Å². The summed E-state index contributed by atoms with van der Waals surface area (Å²) in [6, 6.07) is 15.8. The molecule has 1 aliphatic carbocycles. The van der Waals surface area contributed by atoms with Crippen molar-refractivity contribution < 1.29 is 12.6 Å². The fraction of sp³-hybridized carbons (Fsp3) is 0.238. The first-order chi connectivity index (χ1) is 12.4. The molecule has 1 aliphatic heterocycles. The monoisotopic (exact) mass is 367 g/mol. The molecule has 1 N–H and O–H groups in total. The Labute approximate surface area is 154 Å². The van der Waals surface area contributed by atoms with E-state index in [4.69, 9.17) is 4.18 Å². The van der Waals surface area contributed by atoms with Gasteiger partial charge >= 0.3 is 10.3 Å². The lowest BCUT2D eigenvalue weighted by molar-refractivity contribution is 0.425. The first kappa shape index (κ1) is 17.1. The van der Waals surface area contributed by atoms with Gasteiger partial charge in [-0.3, -0.25) is 0 Å². The fourth-order valence-corrected chi connectivity index (χ4v) is 4.64. The van der Waals surface area contributed by atoms with Crippen molar-refractivity contribution in [2.24, 2.45) is 0 Å². The van der Waals surface area contributed by atoms with Crippen LogP contribution in [0.1, 0.15) is 43.0 Å². The Morgan fingerprint density at radius 2 is 1.88 bits per heavy atom. The van der Waals surface area contributed by atoms with Crippen LogP contribution < -0.4 is 8.91 Å². The lowest BCUT2D eigenvalue weighted by atomic mass is 9.74. The Morgan fingerprint density at radius 3 is 2.58 bits per heavy atom. The van der Waals surface area contributed by atoms with Gasteiger partial charge in [0, 0.05) is 16.5 Å². The van der Waals surface area contributed by atoms with Gasteiger partial charge in [-0.2, -0.15) is 13.1 Å². The summed E-state index contributed by atoms with van der Waals surface area (Å²) in [4.78, 5) is 0. The molecule has 2 atom stereocenters. The summed E-state index contributed by atoms with van der Waals surface area (Å²) in [5.74, 6) is 0.461. The number of rotatable bonds is 2. The van der Waals surface area contributed by atoms with Crippen LogP contribution in [-0.2, 0) is 15.7 Å². The number of allylic oxidation sites excluding steroid dienone is 4. The molecule has 0 saturated heterocycles. The van der Waals surface area contributed by atoms with Crippen LogP contribution in [0.15, 0.2) is 66.8 Å². The molecule has 26 heavy (non-hydrogen) atoms. The van der Waals surface area contributed by atoms with Crippen LogP contribution in [0.25, 0.3) is 5.57 Å². The quantitative estimate of drug-likeness (QED) is 0.862. The molecular weight excluding hydrogens is 346 g/mol. The molecule has 2 aromatic carbocycles. The second-order valence-electron chi connectivity index (χ2n) is 7.08. The molecule has 4 rings (SSSR count). The van der Waals surface area contributed by atoms with Crippen LogP contribution in [0.2, 0.25) is 0 Å². The molecule has 134 valence electrons. The van der Waals surface area contributed by atoms with E-state index in [2.05, 4.69) is 42.0 Å². The van der Waals surface area contributed by atoms with Gasteiger partial charge in [0.05, 0.1) is 6.04 Å². The minimum absolute atomic E-state index is 0.310. The predicted octanol–water partition coefficient (Wildman–Crippen LogP) is 4.28. The Balaban J connectivity index is 1.73. The third-order valence-electron chi connectivity index (χ3n) is 5.13. The van der Waals surface area contributed by atoms with E-state index in [-0.39, 0.29) is 11.5 Å². The van der Waals surface area contributed by atoms with Crippen molar-refractivity contribution >= 4 is 15.9 Å². The van der Waals surface area contributed by atoms with Crippen LogP contribution in [0.3, 0.4) is 0 Å². The number of fused-ring (bicyclic) bond motifs is 1. The molecule has 0 amide bonds. The summed E-state index contributed by atoms with van der Waals surface area (Å²) in [7, 11) is -3.78. The minimum atomic E-state index is -3.78. The summed E-state index contributed by atoms with van der Waals surface area (Å²) < 4.78 is 31.9. The Kier molecular flexibility index (Phi) is 4.01. The molecule has 0 bridgehead atoms. The van der Waals surface area contributed by atoms with E-state index in [0.29, 0.717) is 5.75 Å². The highest BCUT2D eigenvalue weighted by Crippen LogP contribution is 2.44. The minimum Gasteiger partial charge on any atom is -0.370 e. The molecule has 0 radical (unpaired) electrons. The average Bonchev–Trinajstić information content (AvgIpc) is 2.62. The van der Waals surface area contributed by atoms with Crippen molar-refractivity contribution in [1.82, 2.24) is 4.72 Å². The van der Waals surface area contributed by atoms with Gasteiger partial charge in [0.1, 0.15) is 0 Å². The Morgan fingerprint density at radius 1 is 1.12 bits per heavy atom. The molecule has 0 saturated carbocycles. The lowest BCUT2D eigenvalue weighted by Crippen LogP contribution is -2.37. The average molecular weight is 367 g/mol. The lowest BCUT2D eigenvalue weighted by Gasteiger charge is -2.33. The van der Waals surface area contributed by atoms with E-state index in [0.717, 1.165) is 17.5 Å². The largest absolute Gasteiger partial charge is 0.383 e. The predicted molar refractivity (Wildman–Crippen MR) is 103 cm³/mol. The molecule has 0 aromatic heterocycles. The second-order valence-corrected chi connectivity index (χ2v) is 8.39. The fourth-order valence-electron chi connectivity index (χ4n) is 3.63. The van der Waals surface area contributed by atoms with Crippen molar-refractivity contribution in [3.63, 3.8) is 0 Å². The second kappa shape index (κ2) is 6.11. The molecule has 1 heterocycles.